The lowest BCUT2D eigenvalue weighted by molar-refractivity contribution is 0.0409. The quantitative estimate of drug-likeness (QED) is 0.791. The predicted molar refractivity (Wildman–Crippen MR) is 80.7 cm³/mol. The van der Waals surface area contributed by atoms with Crippen LogP contribution >= 0.6 is 11.3 Å². The second-order valence-electron chi connectivity index (χ2n) is 5.33. The van der Waals surface area contributed by atoms with Crippen molar-refractivity contribution in [3.8, 4) is 0 Å². The summed E-state index contributed by atoms with van der Waals surface area (Å²) >= 11 is 1.15. The Kier molecular flexibility index (Phi) is 4.95. The van der Waals surface area contributed by atoms with Gasteiger partial charge in [-0.05, 0) is 27.8 Å². The van der Waals surface area contributed by atoms with E-state index in [0.29, 0.717) is 37.5 Å². The molecule has 1 fully saturated rings. The first-order chi connectivity index (χ1) is 9.93. The zero-order valence-electron chi connectivity index (χ0n) is 12.8. The molecular weight excluding hydrogens is 290 g/mol. The summed E-state index contributed by atoms with van der Waals surface area (Å²) in [4.78, 5) is 32.3. The van der Waals surface area contributed by atoms with Gasteiger partial charge in [0.1, 0.15) is 5.69 Å². The highest BCUT2D eigenvalue weighted by molar-refractivity contribution is 7.11. The standard InChI is InChI=1S/C14H21N3O3S/c1-5-20-14(19)12-15-11(8-21-12)13(18)17-6-9(2)16(4)10(3)7-17/h8-10H,5-7H2,1-4H3. The average Bonchev–Trinajstić information content (AvgIpc) is 2.93. The van der Waals surface area contributed by atoms with Gasteiger partial charge in [-0.3, -0.25) is 9.69 Å². The molecule has 21 heavy (non-hydrogen) atoms. The Labute approximate surface area is 128 Å². The third kappa shape index (κ3) is 3.41. The number of ether oxygens (including phenoxy) is 1. The molecule has 1 aromatic rings. The molecule has 0 bridgehead atoms. The molecule has 6 nitrogen and oxygen atoms in total. The lowest BCUT2D eigenvalue weighted by atomic mass is 10.1. The number of amides is 1. The Morgan fingerprint density at radius 3 is 2.57 bits per heavy atom. The minimum absolute atomic E-state index is 0.117. The highest BCUT2D eigenvalue weighted by atomic mass is 32.1. The van der Waals surface area contributed by atoms with Gasteiger partial charge in [0, 0.05) is 30.6 Å². The van der Waals surface area contributed by atoms with E-state index < -0.39 is 5.97 Å². The number of rotatable bonds is 3. The zero-order chi connectivity index (χ0) is 15.6. The fourth-order valence-electron chi connectivity index (χ4n) is 2.39. The van der Waals surface area contributed by atoms with Gasteiger partial charge in [0.25, 0.3) is 5.91 Å². The minimum Gasteiger partial charge on any atom is -0.461 e. The maximum atomic E-state index is 12.5. The van der Waals surface area contributed by atoms with Crippen LogP contribution in [0.2, 0.25) is 0 Å². The van der Waals surface area contributed by atoms with Crippen LogP contribution in [0.15, 0.2) is 5.38 Å². The minimum atomic E-state index is -0.471. The van der Waals surface area contributed by atoms with Crippen molar-refractivity contribution in [3.63, 3.8) is 0 Å². The van der Waals surface area contributed by atoms with Crippen LogP contribution < -0.4 is 0 Å². The molecule has 2 rings (SSSR count). The van der Waals surface area contributed by atoms with E-state index in [1.807, 2.05) is 0 Å². The lowest BCUT2D eigenvalue weighted by Crippen LogP contribution is -2.56. The fraction of sp³-hybridized carbons (Fsp3) is 0.643. The number of hydrogen-bond donors (Lipinski definition) is 0. The van der Waals surface area contributed by atoms with Crippen LogP contribution in [0, 0.1) is 0 Å². The molecule has 1 amide bonds. The summed E-state index contributed by atoms with van der Waals surface area (Å²) in [5.41, 5.74) is 0.326. The van der Waals surface area contributed by atoms with Crippen molar-refractivity contribution in [1.29, 1.82) is 0 Å². The third-order valence-corrected chi connectivity index (χ3v) is 4.64. The number of carbonyl (C=O) groups excluding carboxylic acids is 2. The topological polar surface area (TPSA) is 62.7 Å². The number of hydrogen-bond acceptors (Lipinski definition) is 6. The second-order valence-corrected chi connectivity index (χ2v) is 6.19. The molecule has 1 aliphatic rings. The molecule has 7 heteroatoms. The predicted octanol–water partition coefficient (Wildman–Crippen LogP) is 1.48. The van der Waals surface area contributed by atoms with Crippen molar-refractivity contribution in [1.82, 2.24) is 14.8 Å². The number of aromatic nitrogens is 1. The van der Waals surface area contributed by atoms with E-state index in [0.717, 1.165) is 11.3 Å². The van der Waals surface area contributed by atoms with Gasteiger partial charge in [-0.1, -0.05) is 0 Å². The van der Waals surface area contributed by atoms with Crippen LogP contribution in [0.3, 0.4) is 0 Å². The molecular formula is C14H21N3O3S. The summed E-state index contributed by atoms with van der Waals surface area (Å²) in [7, 11) is 2.07. The Bertz CT molecular complexity index is 519. The van der Waals surface area contributed by atoms with Gasteiger partial charge in [-0.15, -0.1) is 11.3 Å². The van der Waals surface area contributed by atoms with E-state index in [2.05, 4.69) is 30.8 Å². The van der Waals surface area contributed by atoms with Gasteiger partial charge in [0.05, 0.1) is 6.61 Å². The monoisotopic (exact) mass is 311 g/mol. The number of nitrogens with zero attached hydrogens (tertiary/aromatic N) is 3. The molecule has 116 valence electrons. The van der Waals surface area contributed by atoms with E-state index in [1.165, 1.54) is 0 Å². The normalized spacial score (nSPS) is 23.1. The first-order valence-corrected chi connectivity index (χ1v) is 7.95. The number of carbonyl (C=O) groups is 2. The molecule has 1 saturated heterocycles. The van der Waals surface area contributed by atoms with Crippen LogP contribution in [-0.2, 0) is 4.74 Å². The Morgan fingerprint density at radius 2 is 2.00 bits per heavy atom. The molecule has 1 aliphatic heterocycles. The Morgan fingerprint density at radius 1 is 1.38 bits per heavy atom. The van der Waals surface area contributed by atoms with Crippen molar-refractivity contribution in [2.24, 2.45) is 0 Å². The first kappa shape index (κ1) is 15.9. The van der Waals surface area contributed by atoms with Gasteiger partial charge in [0.15, 0.2) is 0 Å². The Balaban J connectivity index is 2.08. The number of piperazine rings is 1. The van der Waals surface area contributed by atoms with E-state index in [4.69, 9.17) is 4.74 Å². The number of thiazole rings is 1. The van der Waals surface area contributed by atoms with Crippen molar-refractivity contribution in [2.75, 3.05) is 26.7 Å². The van der Waals surface area contributed by atoms with Crippen molar-refractivity contribution in [3.05, 3.63) is 16.1 Å². The maximum Gasteiger partial charge on any atom is 0.367 e. The Hall–Kier alpha value is -1.47. The van der Waals surface area contributed by atoms with Crippen LogP contribution in [0.5, 0.6) is 0 Å². The summed E-state index contributed by atoms with van der Waals surface area (Å²) in [6.45, 7) is 7.58. The van der Waals surface area contributed by atoms with Gasteiger partial charge in [-0.25, -0.2) is 9.78 Å². The fourth-order valence-corrected chi connectivity index (χ4v) is 3.07. The molecule has 1 aromatic heterocycles. The molecule has 2 unspecified atom stereocenters. The first-order valence-electron chi connectivity index (χ1n) is 7.07. The molecule has 0 aromatic carbocycles. The third-order valence-electron chi connectivity index (χ3n) is 3.82. The highest BCUT2D eigenvalue weighted by Gasteiger charge is 2.31. The van der Waals surface area contributed by atoms with Gasteiger partial charge < -0.3 is 9.64 Å². The van der Waals surface area contributed by atoms with Crippen LogP contribution in [-0.4, -0.2) is 65.5 Å². The van der Waals surface area contributed by atoms with Crippen LogP contribution in [0.1, 0.15) is 41.1 Å². The van der Waals surface area contributed by atoms with Crippen LogP contribution in [0.4, 0.5) is 0 Å². The maximum absolute atomic E-state index is 12.5. The smallest absolute Gasteiger partial charge is 0.367 e. The number of esters is 1. The summed E-state index contributed by atoms with van der Waals surface area (Å²) in [5.74, 6) is -0.588. The summed E-state index contributed by atoms with van der Waals surface area (Å²) in [6.07, 6.45) is 0. The summed E-state index contributed by atoms with van der Waals surface area (Å²) in [5, 5.41) is 1.86. The van der Waals surface area contributed by atoms with E-state index in [9.17, 15) is 9.59 Å². The summed E-state index contributed by atoms with van der Waals surface area (Å²) in [6, 6.07) is 0.613. The average molecular weight is 311 g/mol. The SMILES string of the molecule is CCOC(=O)c1nc(C(=O)N2CC(C)N(C)C(C)C2)cs1. The zero-order valence-corrected chi connectivity index (χ0v) is 13.6. The molecule has 2 heterocycles. The van der Waals surface area contributed by atoms with Gasteiger partial charge in [-0.2, -0.15) is 0 Å². The van der Waals surface area contributed by atoms with Gasteiger partial charge in [0.2, 0.25) is 5.01 Å². The second kappa shape index (κ2) is 6.53. The largest absolute Gasteiger partial charge is 0.461 e. The molecule has 0 N–H and O–H groups in total. The van der Waals surface area contributed by atoms with Crippen LogP contribution in [0.25, 0.3) is 0 Å². The molecule has 0 radical (unpaired) electrons. The highest BCUT2D eigenvalue weighted by Crippen LogP contribution is 2.18. The number of likely N-dealkylation sites (N-methyl/N-ethyl adjacent to an activating group) is 1. The van der Waals surface area contributed by atoms with Crippen molar-refractivity contribution >= 4 is 23.2 Å². The molecule has 2 atom stereocenters. The molecule has 0 saturated carbocycles. The molecule has 0 spiro atoms. The van der Waals surface area contributed by atoms with E-state index in [-0.39, 0.29) is 10.9 Å². The van der Waals surface area contributed by atoms with E-state index >= 15 is 0 Å². The van der Waals surface area contributed by atoms with Crippen molar-refractivity contribution < 1.29 is 14.3 Å². The lowest BCUT2D eigenvalue weighted by Gasteiger charge is -2.42. The van der Waals surface area contributed by atoms with E-state index in [1.54, 1.807) is 17.2 Å². The van der Waals surface area contributed by atoms with Gasteiger partial charge >= 0.3 is 5.97 Å². The van der Waals surface area contributed by atoms with Crippen molar-refractivity contribution in [2.45, 2.75) is 32.9 Å². The molecule has 0 aliphatic carbocycles. The summed E-state index contributed by atoms with van der Waals surface area (Å²) < 4.78 is 4.89.